The number of rotatable bonds is 4. The van der Waals surface area contributed by atoms with E-state index in [-0.39, 0.29) is 5.91 Å². The molecule has 3 aromatic heterocycles. The Morgan fingerprint density at radius 1 is 1.41 bits per heavy atom. The second-order valence-electron chi connectivity index (χ2n) is 4.90. The van der Waals surface area contributed by atoms with Gasteiger partial charge in [-0.2, -0.15) is 5.26 Å². The number of fused-ring (bicyclic) bond motifs is 1. The van der Waals surface area contributed by atoms with Crippen LogP contribution in [0.5, 0.6) is 0 Å². The Bertz CT molecular complexity index is 858. The zero-order valence-electron chi connectivity index (χ0n) is 12.0. The summed E-state index contributed by atoms with van der Waals surface area (Å²) in [4.78, 5) is 23.0. The van der Waals surface area contributed by atoms with Crippen LogP contribution in [0.3, 0.4) is 0 Å². The van der Waals surface area contributed by atoms with Crippen LogP contribution in [0.4, 0.5) is 0 Å². The zero-order chi connectivity index (χ0) is 15.5. The van der Waals surface area contributed by atoms with Gasteiger partial charge in [0.1, 0.15) is 5.65 Å². The molecule has 0 atom stereocenters. The number of hydrogen-bond acceptors (Lipinski definition) is 4. The normalized spacial score (nSPS) is 10.5. The summed E-state index contributed by atoms with van der Waals surface area (Å²) in [5.74, 6) is -0.0501. The lowest BCUT2D eigenvalue weighted by Gasteiger charge is -2.13. The van der Waals surface area contributed by atoms with E-state index in [1.807, 2.05) is 30.5 Å². The van der Waals surface area contributed by atoms with Crippen LogP contribution in [0.15, 0.2) is 36.7 Å². The van der Waals surface area contributed by atoms with E-state index in [0.29, 0.717) is 17.8 Å². The van der Waals surface area contributed by atoms with Gasteiger partial charge in [0.2, 0.25) is 0 Å². The van der Waals surface area contributed by atoms with Gasteiger partial charge in [-0.15, -0.1) is 11.3 Å². The predicted octanol–water partition coefficient (Wildman–Crippen LogP) is 3.28. The third-order valence-electron chi connectivity index (χ3n) is 3.45. The van der Waals surface area contributed by atoms with Crippen molar-refractivity contribution < 1.29 is 4.79 Å². The number of H-pyrrole nitrogens is 1. The number of amides is 1. The van der Waals surface area contributed by atoms with Gasteiger partial charge in [0, 0.05) is 41.8 Å². The first-order chi connectivity index (χ1) is 10.7. The first kappa shape index (κ1) is 14.3. The van der Waals surface area contributed by atoms with Gasteiger partial charge in [0.25, 0.3) is 5.91 Å². The summed E-state index contributed by atoms with van der Waals surface area (Å²) in [6.45, 7) is 0.444. The van der Waals surface area contributed by atoms with E-state index in [1.165, 1.54) is 11.3 Å². The molecule has 3 heterocycles. The molecule has 5 nitrogen and oxygen atoms in total. The predicted molar refractivity (Wildman–Crippen MR) is 86.6 cm³/mol. The Morgan fingerprint density at radius 3 is 3.09 bits per heavy atom. The number of hydrogen-bond donors (Lipinski definition) is 1. The Balaban J connectivity index is 1.89. The van der Waals surface area contributed by atoms with Gasteiger partial charge in [-0.1, -0.05) is 0 Å². The lowest BCUT2D eigenvalue weighted by Crippen LogP contribution is -2.26. The monoisotopic (exact) mass is 310 g/mol. The van der Waals surface area contributed by atoms with E-state index in [4.69, 9.17) is 5.26 Å². The fourth-order valence-electron chi connectivity index (χ4n) is 2.28. The van der Waals surface area contributed by atoms with Gasteiger partial charge in [-0.3, -0.25) is 4.79 Å². The van der Waals surface area contributed by atoms with Crippen molar-refractivity contribution in [2.75, 3.05) is 13.6 Å². The molecule has 6 heteroatoms. The molecule has 0 spiro atoms. The maximum absolute atomic E-state index is 12.3. The van der Waals surface area contributed by atoms with Crippen LogP contribution in [0.1, 0.15) is 16.1 Å². The quantitative estimate of drug-likeness (QED) is 0.803. The van der Waals surface area contributed by atoms with E-state index >= 15 is 0 Å². The van der Waals surface area contributed by atoms with Crippen LogP contribution >= 0.6 is 11.3 Å². The summed E-state index contributed by atoms with van der Waals surface area (Å²) >= 11 is 1.46. The van der Waals surface area contributed by atoms with Gasteiger partial charge in [0.15, 0.2) is 0 Å². The molecule has 0 unspecified atom stereocenters. The first-order valence-corrected chi connectivity index (χ1v) is 7.67. The van der Waals surface area contributed by atoms with Crippen LogP contribution in [0, 0.1) is 11.3 Å². The SMILES string of the molecule is CN(CCC#N)C(=O)c1ccc(-c2ccnc3[nH]ccc23)s1. The minimum absolute atomic E-state index is 0.0501. The van der Waals surface area contributed by atoms with Gasteiger partial charge in [0.05, 0.1) is 17.4 Å². The van der Waals surface area contributed by atoms with Crippen molar-refractivity contribution in [1.82, 2.24) is 14.9 Å². The zero-order valence-corrected chi connectivity index (χ0v) is 12.9. The van der Waals surface area contributed by atoms with Gasteiger partial charge >= 0.3 is 0 Å². The first-order valence-electron chi connectivity index (χ1n) is 6.85. The summed E-state index contributed by atoms with van der Waals surface area (Å²) in [6.07, 6.45) is 3.96. The fourth-order valence-corrected chi connectivity index (χ4v) is 3.32. The van der Waals surface area contributed by atoms with E-state index in [9.17, 15) is 4.79 Å². The summed E-state index contributed by atoms with van der Waals surface area (Å²) in [5.41, 5.74) is 1.90. The Morgan fingerprint density at radius 2 is 2.27 bits per heavy atom. The smallest absolute Gasteiger partial charge is 0.263 e. The molecule has 0 aliphatic heterocycles. The molecule has 110 valence electrons. The number of nitrogens with zero attached hydrogens (tertiary/aromatic N) is 3. The fraction of sp³-hybridized carbons (Fsp3) is 0.188. The van der Waals surface area contributed by atoms with Gasteiger partial charge < -0.3 is 9.88 Å². The van der Waals surface area contributed by atoms with E-state index in [0.717, 1.165) is 21.5 Å². The highest BCUT2D eigenvalue weighted by atomic mass is 32.1. The standard InChI is InChI=1S/C16H14N4OS/c1-20(10-2-7-17)16(21)14-4-3-13(22-14)11-5-8-18-15-12(11)6-9-19-15/h3-6,8-9H,2,10H2,1H3,(H,18,19). The second-order valence-corrected chi connectivity index (χ2v) is 5.98. The number of thiophene rings is 1. The number of carbonyl (C=O) groups excluding carboxylic acids is 1. The van der Waals surface area contributed by atoms with Crippen LogP contribution < -0.4 is 0 Å². The van der Waals surface area contributed by atoms with Crippen molar-refractivity contribution in [2.45, 2.75) is 6.42 Å². The topological polar surface area (TPSA) is 72.8 Å². The van der Waals surface area contributed by atoms with Crippen molar-refractivity contribution in [3.8, 4) is 16.5 Å². The van der Waals surface area contributed by atoms with E-state index < -0.39 is 0 Å². The summed E-state index contributed by atoms with van der Waals surface area (Å²) in [6, 6.07) is 9.78. The van der Waals surface area contributed by atoms with Crippen molar-refractivity contribution >= 4 is 28.3 Å². The highest BCUT2D eigenvalue weighted by Crippen LogP contribution is 2.33. The van der Waals surface area contributed by atoms with Crippen LogP contribution in [0.25, 0.3) is 21.5 Å². The van der Waals surface area contributed by atoms with Crippen molar-refractivity contribution in [3.05, 3.63) is 41.5 Å². The molecule has 3 rings (SSSR count). The molecule has 1 amide bonds. The molecule has 0 fully saturated rings. The molecule has 0 radical (unpaired) electrons. The van der Waals surface area contributed by atoms with Crippen molar-refractivity contribution in [3.63, 3.8) is 0 Å². The highest BCUT2D eigenvalue weighted by Gasteiger charge is 2.15. The van der Waals surface area contributed by atoms with E-state index in [1.54, 1.807) is 18.1 Å². The van der Waals surface area contributed by atoms with Crippen LogP contribution in [-0.2, 0) is 0 Å². The number of aromatic amines is 1. The molecule has 22 heavy (non-hydrogen) atoms. The maximum Gasteiger partial charge on any atom is 0.263 e. The number of nitriles is 1. The lowest BCUT2D eigenvalue weighted by molar-refractivity contribution is 0.0803. The molecule has 1 N–H and O–H groups in total. The highest BCUT2D eigenvalue weighted by molar-refractivity contribution is 7.17. The molecule has 3 aromatic rings. The average molecular weight is 310 g/mol. The average Bonchev–Trinajstić information content (AvgIpc) is 3.20. The third kappa shape index (κ3) is 2.59. The largest absolute Gasteiger partial charge is 0.346 e. The molecule has 0 aromatic carbocycles. The molecule has 0 saturated heterocycles. The molecule has 0 saturated carbocycles. The lowest BCUT2D eigenvalue weighted by atomic mass is 10.1. The van der Waals surface area contributed by atoms with Gasteiger partial charge in [-0.05, 0) is 24.3 Å². The minimum Gasteiger partial charge on any atom is -0.346 e. The van der Waals surface area contributed by atoms with Crippen LogP contribution in [-0.4, -0.2) is 34.4 Å². The maximum atomic E-state index is 12.3. The number of nitrogens with one attached hydrogen (secondary N) is 1. The van der Waals surface area contributed by atoms with Crippen molar-refractivity contribution in [1.29, 1.82) is 5.26 Å². The number of carbonyl (C=O) groups is 1. The number of pyridine rings is 1. The molecule has 0 aliphatic carbocycles. The summed E-state index contributed by atoms with van der Waals surface area (Å²) in [5, 5.41) is 9.65. The second kappa shape index (κ2) is 6.00. The Labute approximate surface area is 131 Å². The molecule has 0 aliphatic rings. The van der Waals surface area contributed by atoms with Crippen molar-refractivity contribution in [2.24, 2.45) is 0 Å². The Kier molecular flexibility index (Phi) is 3.90. The van der Waals surface area contributed by atoms with E-state index in [2.05, 4.69) is 16.0 Å². The summed E-state index contributed by atoms with van der Waals surface area (Å²) < 4.78 is 0. The van der Waals surface area contributed by atoms with Crippen LogP contribution in [0.2, 0.25) is 0 Å². The minimum atomic E-state index is -0.0501. The molecular formula is C16H14N4OS. The van der Waals surface area contributed by atoms with Gasteiger partial charge in [-0.25, -0.2) is 4.98 Å². The Hall–Kier alpha value is -2.65. The molecular weight excluding hydrogens is 296 g/mol. The third-order valence-corrected chi connectivity index (χ3v) is 4.55. The number of aromatic nitrogens is 2. The summed E-state index contributed by atoms with van der Waals surface area (Å²) in [7, 11) is 1.72. The molecule has 0 bridgehead atoms.